The molecular formula is C21H20ClN3O5. The second kappa shape index (κ2) is 9.89. The minimum absolute atomic E-state index is 0.214. The van der Waals surface area contributed by atoms with E-state index in [1.54, 1.807) is 36.4 Å². The summed E-state index contributed by atoms with van der Waals surface area (Å²) in [5.41, 5.74) is 1.37. The SMILES string of the molecule is COC(=O)c1cc(OC)ccc1NC(=O)CCCc1nc(-c2ccc(Cl)cc2)no1. The van der Waals surface area contributed by atoms with Gasteiger partial charge in [0, 0.05) is 23.4 Å². The van der Waals surface area contributed by atoms with Gasteiger partial charge in [-0.05, 0) is 48.9 Å². The smallest absolute Gasteiger partial charge is 0.340 e. The van der Waals surface area contributed by atoms with Crippen LogP contribution in [0.4, 0.5) is 5.69 Å². The third-order valence-corrected chi connectivity index (χ3v) is 4.52. The molecule has 0 atom stereocenters. The number of halogens is 1. The molecule has 2 aromatic carbocycles. The van der Waals surface area contributed by atoms with Gasteiger partial charge in [0.25, 0.3) is 0 Å². The van der Waals surface area contributed by atoms with Crippen molar-refractivity contribution in [2.24, 2.45) is 0 Å². The molecule has 0 bridgehead atoms. The number of anilines is 1. The van der Waals surface area contributed by atoms with Gasteiger partial charge in [0.15, 0.2) is 0 Å². The lowest BCUT2D eigenvalue weighted by atomic mass is 10.1. The zero-order valence-corrected chi connectivity index (χ0v) is 17.2. The number of hydrogen-bond acceptors (Lipinski definition) is 7. The van der Waals surface area contributed by atoms with Gasteiger partial charge in [0.2, 0.25) is 17.6 Å². The monoisotopic (exact) mass is 429 g/mol. The van der Waals surface area contributed by atoms with Crippen molar-refractivity contribution in [2.45, 2.75) is 19.3 Å². The van der Waals surface area contributed by atoms with Crippen LogP contribution in [-0.4, -0.2) is 36.2 Å². The maximum atomic E-state index is 12.3. The van der Waals surface area contributed by atoms with Crippen molar-refractivity contribution in [3.63, 3.8) is 0 Å². The summed E-state index contributed by atoms with van der Waals surface area (Å²) >= 11 is 5.88. The van der Waals surface area contributed by atoms with Gasteiger partial charge in [-0.3, -0.25) is 4.79 Å². The van der Waals surface area contributed by atoms with Gasteiger partial charge in [-0.1, -0.05) is 16.8 Å². The Morgan fingerprint density at radius 1 is 1.13 bits per heavy atom. The third-order valence-electron chi connectivity index (χ3n) is 4.27. The zero-order valence-electron chi connectivity index (χ0n) is 16.5. The number of aromatic nitrogens is 2. The van der Waals surface area contributed by atoms with Crippen LogP contribution >= 0.6 is 11.6 Å². The van der Waals surface area contributed by atoms with Gasteiger partial charge in [0.1, 0.15) is 5.75 Å². The molecule has 0 aliphatic rings. The van der Waals surface area contributed by atoms with E-state index in [2.05, 4.69) is 15.5 Å². The summed E-state index contributed by atoms with van der Waals surface area (Å²) in [6.45, 7) is 0. The molecule has 3 rings (SSSR count). The maximum Gasteiger partial charge on any atom is 0.340 e. The van der Waals surface area contributed by atoms with E-state index < -0.39 is 5.97 Å². The van der Waals surface area contributed by atoms with E-state index in [1.165, 1.54) is 20.3 Å². The Labute approximate surface area is 178 Å². The first-order chi connectivity index (χ1) is 14.5. The first-order valence-corrected chi connectivity index (χ1v) is 9.52. The minimum Gasteiger partial charge on any atom is -0.497 e. The van der Waals surface area contributed by atoms with E-state index >= 15 is 0 Å². The fourth-order valence-electron chi connectivity index (χ4n) is 2.72. The van der Waals surface area contributed by atoms with Crippen LogP contribution in [0.2, 0.25) is 5.02 Å². The number of rotatable bonds is 8. The van der Waals surface area contributed by atoms with Gasteiger partial charge >= 0.3 is 5.97 Å². The number of nitrogens with zero attached hydrogens (tertiary/aromatic N) is 2. The Hall–Kier alpha value is -3.39. The molecule has 0 saturated heterocycles. The molecule has 0 radical (unpaired) electrons. The standard InChI is InChI=1S/C21H20ClN3O5/c1-28-15-10-11-17(16(12-15)21(27)29-2)23-18(26)4-3-5-19-24-20(25-30-19)13-6-8-14(22)9-7-13/h6-12H,3-5H2,1-2H3,(H,23,26). The van der Waals surface area contributed by atoms with Crippen molar-refractivity contribution in [3.05, 3.63) is 58.9 Å². The Balaban J connectivity index is 1.56. The molecular weight excluding hydrogens is 410 g/mol. The van der Waals surface area contributed by atoms with E-state index in [-0.39, 0.29) is 17.9 Å². The maximum absolute atomic E-state index is 12.3. The predicted octanol–water partition coefficient (Wildman–Crippen LogP) is 4.15. The molecule has 9 heteroatoms. The van der Waals surface area contributed by atoms with Crippen molar-refractivity contribution in [2.75, 3.05) is 19.5 Å². The minimum atomic E-state index is -0.565. The number of methoxy groups -OCH3 is 2. The molecule has 1 heterocycles. The fraction of sp³-hybridized carbons (Fsp3) is 0.238. The molecule has 0 fully saturated rings. The summed E-state index contributed by atoms with van der Waals surface area (Å²) in [6.07, 6.45) is 1.16. The lowest BCUT2D eigenvalue weighted by molar-refractivity contribution is -0.116. The number of benzene rings is 2. The summed E-state index contributed by atoms with van der Waals surface area (Å²) in [6, 6.07) is 11.9. The van der Waals surface area contributed by atoms with Gasteiger partial charge < -0.3 is 19.3 Å². The molecule has 30 heavy (non-hydrogen) atoms. The first kappa shape index (κ1) is 21.3. The van der Waals surface area contributed by atoms with Crippen molar-refractivity contribution < 1.29 is 23.6 Å². The molecule has 8 nitrogen and oxygen atoms in total. The van der Waals surface area contributed by atoms with Crippen LogP contribution < -0.4 is 10.1 Å². The highest BCUT2D eigenvalue weighted by molar-refractivity contribution is 6.30. The third kappa shape index (κ3) is 5.36. The van der Waals surface area contributed by atoms with Gasteiger partial charge in [-0.15, -0.1) is 0 Å². The summed E-state index contributed by atoms with van der Waals surface area (Å²) < 4.78 is 15.1. The summed E-state index contributed by atoms with van der Waals surface area (Å²) in [5, 5.41) is 7.30. The van der Waals surface area contributed by atoms with Gasteiger partial charge in [-0.25, -0.2) is 4.79 Å². The molecule has 0 saturated carbocycles. The largest absolute Gasteiger partial charge is 0.497 e. The van der Waals surface area contributed by atoms with E-state index in [0.717, 1.165) is 5.56 Å². The Kier molecular flexibility index (Phi) is 7.03. The average molecular weight is 430 g/mol. The normalized spacial score (nSPS) is 10.5. The van der Waals surface area contributed by atoms with Crippen molar-refractivity contribution in [1.82, 2.24) is 10.1 Å². The molecule has 156 valence electrons. The Morgan fingerprint density at radius 2 is 1.90 bits per heavy atom. The molecule has 3 aromatic rings. The Morgan fingerprint density at radius 3 is 2.60 bits per heavy atom. The topological polar surface area (TPSA) is 104 Å². The van der Waals surface area contributed by atoms with E-state index in [1.807, 2.05) is 0 Å². The van der Waals surface area contributed by atoms with E-state index in [4.69, 9.17) is 25.6 Å². The van der Waals surface area contributed by atoms with E-state index in [9.17, 15) is 9.59 Å². The molecule has 0 aliphatic carbocycles. The number of esters is 1. The van der Waals surface area contributed by atoms with Crippen LogP contribution in [0, 0.1) is 0 Å². The second-order valence-electron chi connectivity index (χ2n) is 6.32. The quantitative estimate of drug-likeness (QED) is 0.536. The summed E-state index contributed by atoms with van der Waals surface area (Å²) in [7, 11) is 2.76. The molecule has 0 unspecified atom stereocenters. The summed E-state index contributed by atoms with van der Waals surface area (Å²) in [4.78, 5) is 28.6. The summed E-state index contributed by atoms with van der Waals surface area (Å²) in [5.74, 6) is 0.577. The number of aryl methyl sites for hydroxylation is 1. The highest BCUT2D eigenvalue weighted by Gasteiger charge is 2.16. The van der Waals surface area contributed by atoms with E-state index in [0.29, 0.717) is 41.0 Å². The molecule has 1 N–H and O–H groups in total. The van der Waals surface area contributed by atoms with Crippen LogP contribution in [0.15, 0.2) is 47.0 Å². The molecule has 1 amide bonds. The Bertz CT molecular complexity index is 1030. The first-order valence-electron chi connectivity index (χ1n) is 9.15. The van der Waals surface area contributed by atoms with Gasteiger partial charge in [-0.2, -0.15) is 4.98 Å². The average Bonchev–Trinajstić information content (AvgIpc) is 3.22. The van der Waals surface area contributed by atoms with Crippen molar-refractivity contribution in [3.8, 4) is 17.1 Å². The number of carbonyl (C=O) groups is 2. The number of amides is 1. The number of hydrogen-bond donors (Lipinski definition) is 1. The highest BCUT2D eigenvalue weighted by Crippen LogP contribution is 2.23. The number of nitrogens with one attached hydrogen (secondary N) is 1. The zero-order chi connectivity index (χ0) is 21.5. The van der Waals surface area contributed by atoms with Gasteiger partial charge in [0.05, 0.1) is 25.5 Å². The highest BCUT2D eigenvalue weighted by atomic mass is 35.5. The van der Waals surface area contributed by atoms with Crippen LogP contribution in [0.5, 0.6) is 5.75 Å². The van der Waals surface area contributed by atoms with Crippen LogP contribution in [-0.2, 0) is 16.0 Å². The van der Waals surface area contributed by atoms with Crippen molar-refractivity contribution >= 4 is 29.2 Å². The van der Waals surface area contributed by atoms with Crippen LogP contribution in [0.25, 0.3) is 11.4 Å². The number of ether oxygens (including phenoxy) is 2. The predicted molar refractivity (Wildman–Crippen MR) is 111 cm³/mol. The molecule has 1 aromatic heterocycles. The fourth-order valence-corrected chi connectivity index (χ4v) is 2.85. The van der Waals surface area contributed by atoms with Crippen LogP contribution in [0.1, 0.15) is 29.1 Å². The lowest BCUT2D eigenvalue weighted by Crippen LogP contribution is -2.15. The second-order valence-corrected chi connectivity index (χ2v) is 6.76. The molecule has 0 aliphatic heterocycles. The molecule has 0 spiro atoms. The van der Waals surface area contributed by atoms with Crippen LogP contribution in [0.3, 0.4) is 0 Å². The lowest BCUT2D eigenvalue weighted by Gasteiger charge is -2.11. The number of carbonyl (C=O) groups excluding carboxylic acids is 2. The van der Waals surface area contributed by atoms with Crippen molar-refractivity contribution in [1.29, 1.82) is 0 Å².